The number of anilines is 1. The van der Waals surface area contributed by atoms with Gasteiger partial charge in [0.15, 0.2) is 11.5 Å². The number of hydrogen-bond acceptors (Lipinski definition) is 4. The van der Waals surface area contributed by atoms with Gasteiger partial charge < -0.3 is 9.47 Å². The molecule has 0 radical (unpaired) electrons. The van der Waals surface area contributed by atoms with Crippen LogP contribution in [0.1, 0.15) is 26.3 Å². The fourth-order valence-electron chi connectivity index (χ4n) is 2.68. The molecule has 2 amide bonds. The van der Waals surface area contributed by atoms with E-state index < -0.39 is 5.91 Å². The molecule has 0 fully saturated rings. The molecule has 0 saturated heterocycles. The van der Waals surface area contributed by atoms with E-state index in [1.54, 1.807) is 24.3 Å². The molecule has 0 N–H and O–H groups in total. The van der Waals surface area contributed by atoms with Gasteiger partial charge in [-0.3, -0.25) is 9.59 Å². The summed E-state index contributed by atoms with van der Waals surface area (Å²) in [7, 11) is 2.94. The quantitative estimate of drug-likeness (QED) is 0.817. The number of para-hydroxylation sites is 1. The Hall–Kier alpha value is -2.82. The normalized spacial score (nSPS) is 13.3. The number of hydrogen-bond donors (Lipinski definition) is 0. The van der Waals surface area contributed by atoms with Gasteiger partial charge in [-0.2, -0.15) is 0 Å². The summed E-state index contributed by atoms with van der Waals surface area (Å²) < 4.78 is 10.5. The molecule has 1 aliphatic rings. The number of methoxy groups -OCH3 is 2. The Bertz CT molecular complexity index is 782. The van der Waals surface area contributed by atoms with Gasteiger partial charge in [-0.25, -0.2) is 4.90 Å². The fraction of sp³-hybridized carbons (Fsp3) is 0.176. The van der Waals surface area contributed by atoms with Crippen LogP contribution in [0.4, 0.5) is 5.69 Å². The average Bonchev–Trinajstić information content (AvgIpc) is 2.78. The van der Waals surface area contributed by atoms with E-state index in [0.717, 1.165) is 5.56 Å². The van der Waals surface area contributed by atoms with Crippen molar-refractivity contribution >= 4 is 17.5 Å². The van der Waals surface area contributed by atoms with Crippen molar-refractivity contribution in [1.29, 1.82) is 0 Å². The Kier molecular flexibility index (Phi) is 3.33. The van der Waals surface area contributed by atoms with Crippen LogP contribution in [0.5, 0.6) is 11.5 Å². The van der Waals surface area contributed by atoms with Crippen LogP contribution in [0, 0.1) is 6.92 Å². The fourth-order valence-corrected chi connectivity index (χ4v) is 2.68. The largest absolute Gasteiger partial charge is 0.493 e. The van der Waals surface area contributed by atoms with Crippen molar-refractivity contribution in [2.24, 2.45) is 0 Å². The minimum atomic E-state index is -0.398. The molecule has 0 saturated carbocycles. The van der Waals surface area contributed by atoms with E-state index in [1.165, 1.54) is 19.1 Å². The van der Waals surface area contributed by atoms with Crippen LogP contribution in [0.15, 0.2) is 36.4 Å². The van der Waals surface area contributed by atoms with Crippen LogP contribution in [0.2, 0.25) is 0 Å². The highest BCUT2D eigenvalue weighted by Gasteiger charge is 2.40. The van der Waals surface area contributed by atoms with Gasteiger partial charge in [-0.1, -0.05) is 18.2 Å². The molecule has 112 valence electrons. The minimum Gasteiger partial charge on any atom is -0.493 e. The number of rotatable bonds is 3. The van der Waals surface area contributed by atoms with E-state index >= 15 is 0 Å². The van der Waals surface area contributed by atoms with Gasteiger partial charge in [0.05, 0.1) is 31.0 Å². The summed E-state index contributed by atoms with van der Waals surface area (Å²) in [6, 6.07) is 10.5. The maximum absolute atomic E-state index is 12.8. The van der Waals surface area contributed by atoms with Crippen LogP contribution < -0.4 is 14.4 Å². The first kappa shape index (κ1) is 14.1. The van der Waals surface area contributed by atoms with E-state index in [-0.39, 0.29) is 17.2 Å². The lowest BCUT2D eigenvalue weighted by atomic mass is 10.1. The summed E-state index contributed by atoms with van der Waals surface area (Å²) in [5, 5.41) is 0. The predicted octanol–water partition coefficient (Wildman–Crippen LogP) is 2.81. The highest BCUT2D eigenvalue weighted by atomic mass is 16.5. The molecule has 22 heavy (non-hydrogen) atoms. The third kappa shape index (κ3) is 1.86. The molecular weight excluding hydrogens is 282 g/mol. The van der Waals surface area contributed by atoms with E-state index in [0.29, 0.717) is 17.0 Å². The van der Waals surface area contributed by atoms with Crippen LogP contribution in [-0.4, -0.2) is 26.0 Å². The molecule has 5 nitrogen and oxygen atoms in total. The molecule has 2 aromatic rings. The lowest BCUT2D eigenvalue weighted by Gasteiger charge is -2.16. The monoisotopic (exact) mass is 297 g/mol. The average molecular weight is 297 g/mol. The smallest absolute Gasteiger partial charge is 0.270 e. The number of benzene rings is 2. The molecule has 3 rings (SSSR count). The van der Waals surface area contributed by atoms with Gasteiger partial charge in [-0.15, -0.1) is 0 Å². The first-order chi connectivity index (χ1) is 10.6. The molecule has 1 heterocycles. The van der Waals surface area contributed by atoms with Gasteiger partial charge >= 0.3 is 0 Å². The van der Waals surface area contributed by atoms with E-state index in [4.69, 9.17) is 9.47 Å². The van der Waals surface area contributed by atoms with Crippen molar-refractivity contribution in [3.05, 3.63) is 53.1 Å². The van der Waals surface area contributed by atoms with E-state index in [9.17, 15) is 9.59 Å². The number of aryl methyl sites for hydroxylation is 1. The van der Waals surface area contributed by atoms with Crippen molar-refractivity contribution in [3.8, 4) is 11.5 Å². The summed E-state index contributed by atoms with van der Waals surface area (Å²) in [6.45, 7) is 1.86. The summed E-state index contributed by atoms with van der Waals surface area (Å²) in [6.07, 6.45) is 0. The topological polar surface area (TPSA) is 55.8 Å². The van der Waals surface area contributed by atoms with Gasteiger partial charge in [0, 0.05) is 0 Å². The van der Waals surface area contributed by atoms with Crippen molar-refractivity contribution in [2.45, 2.75) is 6.92 Å². The van der Waals surface area contributed by atoms with Crippen LogP contribution >= 0.6 is 0 Å². The van der Waals surface area contributed by atoms with E-state index in [2.05, 4.69) is 0 Å². The molecule has 0 aromatic heterocycles. The highest BCUT2D eigenvalue weighted by Crippen LogP contribution is 2.40. The molecule has 0 spiro atoms. The second-order valence-corrected chi connectivity index (χ2v) is 4.96. The number of ether oxygens (including phenoxy) is 2. The Morgan fingerprint density at radius 1 is 0.909 bits per heavy atom. The van der Waals surface area contributed by atoms with Gasteiger partial charge in [0.2, 0.25) is 0 Å². The molecule has 0 atom stereocenters. The molecule has 2 aromatic carbocycles. The van der Waals surface area contributed by atoms with Gasteiger partial charge in [0.25, 0.3) is 11.8 Å². The third-order valence-corrected chi connectivity index (χ3v) is 3.75. The maximum atomic E-state index is 12.8. The van der Waals surface area contributed by atoms with Crippen LogP contribution in [0.3, 0.4) is 0 Å². The standard InChI is InChI=1S/C17H15NO4/c1-10-6-4-5-7-12(10)18-16(19)11-8-9-13(21-2)15(22-3)14(11)17(18)20/h4-9H,1-3H3. The second kappa shape index (κ2) is 5.18. The van der Waals surface area contributed by atoms with Crippen molar-refractivity contribution in [3.63, 3.8) is 0 Å². The zero-order valence-corrected chi connectivity index (χ0v) is 12.5. The minimum absolute atomic E-state index is 0.245. The number of amides is 2. The van der Waals surface area contributed by atoms with Gasteiger partial charge in [-0.05, 0) is 30.7 Å². The van der Waals surface area contributed by atoms with Crippen molar-refractivity contribution < 1.29 is 19.1 Å². The molecule has 1 aliphatic heterocycles. The number of nitrogens with zero attached hydrogens (tertiary/aromatic N) is 1. The predicted molar refractivity (Wildman–Crippen MR) is 81.9 cm³/mol. The van der Waals surface area contributed by atoms with Gasteiger partial charge in [0.1, 0.15) is 0 Å². The first-order valence-electron chi connectivity index (χ1n) is 6.79. The number of carbonyl (C=O) groups excluding carboxylic acids is 2. The summed E-state index contributed by atoms with van der Waals surface area (Å²) in [5.41, 5.74) is 2.00. The zero-order valence-electron chi connectivity index (χ0n) is 12.5. The first-order valence-corrected chi connectivity index (χ1v) is 6.79. The number of imide groups is 1. The van der Waals surface area contributed by atoms with E-state index in [1.807, 2.05) is 19.1 Å². The lowest BCUT2D eigenvalue weighted by Crippen LogP contribution is -2.30. The molecule has 0 unspecified atom stereocenters. The SMILES string of the molecule is COc1ccc2c(c1OC)C(=O)N(c1ccccc1C)C2=O. The van der Waals surface area contributed by atoms with Crippen LogP contribution in [0.25, 0.3) is 0 Å². The summed E-state index contributed by atoms with van der Waals surface area (Å²) >= 11 is 0. The van der Waals surface area contributed by atoms with Crippen molar-refractivity contribution in [1.82, 2.24) is 0 Å². The molecule has 5 heteroatoms. The molecule has 0 bridgehead atoms. The maximum Gasteiger partial charge on any atom is 0.270 e. The third-order valence-electron chi connectivity index (χ3n) is 3.75. The molecular formula is C17H15NO4. The number of fused-ring (bicyclic) bond motifs is 1. The Morgan fingerprint density at radius 2 is 1.64 bits per heavy atom. The summed E-state index contributed by atoms with van der Waals surface area (Å²) in [5.74, 6) is -0.0382. The zero-order chi connectivity index (χ0) is 15.9. The molecule has 0 aliphatic carbocycles. The number of carbonyl (C=O) groups is 2. The highest BCUT2D eigenvalue weighted by molar-refractivity contribution is 6.35. The second-order valence-electron chi connectivity index (χ2n) is 4.96. The lowest BCUT2D eigenvalue weighted by molar-refractivity contribution is 0.0925. The Morgan fingerprint density at radius 3 is 2.27 bits per heavy atom. The van der Waals surface area contributed by atoms with Crippen LogP contribution in [-0.2, 0) is 0 Å². The van der Waals surface area contributed by atoms with Crippen molar-refractivity contribution in [2.75, 3.05) is 19.1 Å². The Labute approximate surface area is 128 Å². The summed E-state index contributed by atoms with van der Waals surface area (Å²) in [4.78, 5) is 26.6. The Balaban J connectivity index is 2.19.